The molecule has 1 saturated carbocycles. The SMILES string of the molecule is C[C@@H]1C2CC(C2)N[C@@H]1CCc1cnc(C(F)(F)F)cn1. The van der Waals surface area contributed by atoms with E-state index in [0.29, 0.717) is 30.1 Å². The highest BCUT2D eigenvalue weighted by molar-refractivity contribution is 5.07. The van der Waals surface area contributed by atoms with Crippen LogP contribution >= 0.6 is 0 Å². The van der Waals surface area contributed by atoms with E-state index >= 15 is 0 Å². The molecule has 2 bridgehead atoms. The molecule has 3 nitrogen and oxygen atoms in total. The molecule has 3 heterocycles. The molecule has 0 unspecified atom stereocenters. The van der Waals surface area contributed by atoms with Crippen LogP contribution in [0.4, 0.5) is 13.2 Å². The zero-order valence-electron chi connectivity index (χ0n) is 11.3. The molecular weight excluding hydrogens is 267 g/mol. The average molecular weight is 285 g/mol. The number of alkyl halides is 3. The zero-order chi connectivity index (χ0) is 14.3. The largest absolute Gasteiger partial charge is 0.434 e. The maximum atomic E-state index is 12.4. The van der Waals surface area contributed by atoms with Gasteiger partial charge in [-0.25, -0.2) is 4.98 Å². The maximum absolute atomic E-state index is 12.4. The lowest BCUT2D eigenvalue weighted by Crippen LogP contribution is -2.58. The molecule has 0 aromatic carbocycles. The van der Waals surface area contributed by atoms with Crippen LogP contribution in [0.5, 0.6) is 0 Å². The van der Waals surface area contributed by atoms with Crippen LogP contribution in [0.15, 0.2) is 12.4 Å². The van der Waals surface area contributed by atoms with Gasteiger partial charge in [-0.15, -0.1) is 0 Å². The monoisotopic (exact) mass is 285 g/mol. The maximum Gasteiger partial charge on any atom is 0.434 e. The number of nitrogens with zero attached hydrogens (tertiary/aromatic N) is 2. The first-order chi connectivity index (χ1) is 9.43. The van der Waals surface area contributed by atoms with E-state index in [1.165, 1.54) is 19.0 Å². The van der Waals surface area contributed by atoms with E-state index in [-0.39, 0.29) is 0 Å². The number of aromatic nitrogens is 2. The Labute approximate surface area is 116 Å². The van der Waals surface area contributed by atoms with E-state index in [9.17, 15) is 13.2 Å². The standard InChI is InChI=1S/C14H18F3N3/c1-8-9-4-11(5-9)20-12(8)3-2-10-6-19-13(7-18-10)14(15,16)17/h6-9,11-12,20H,2-5H2,1H3/t8-,9?,11?,12-/m1/s1. The van der Waals surface area contributed by atoms with Crippen molar-refractivity contribution in [2.24, 2.45) is 11.8 Å². The molecule has 110 valence electrons. The van der Waals surface area contributed by atoms with Gasteiger partial charge in [-0.05, 0) is 37.5 Å². The number of aryl methyl sites for hydroxylation is 1. The third-order valence-corrected chi connectivity index (χ3v) is 4.71. The van der Waals surface area contributed by atoms with Gasteiger partial charge in [-0.3, -0.25) is 4.98 Å². The predicted octanol–water partition coefficient (Wildman–Crippen LogP) is 2.81. The van der Waals surface area contributed by atoms with Gasteiger partial charge in [0.2, 0.25) is 0 Å². The van der Waals surface area contributed by atoms with Crippen molar-refractivity contribution in [2.45, 2.75) is 50.9 Å². The van der Waals surface area contributed by atoms with Crippen LogP contribution in [0.3, 0.4) is 0 Å². The van der Waals surface area contributed by atoms with Crippen LogP contribution in [-0.2, 0) is 12.6 Å². The second-order valence-corrected chi connectivity index (χ2v) is 5.99. The molecule has 1 aliphatic carbocycles. The number of fused-ring (bicyclic) bond motifs is 2. The van der Waals surface area contributed by atoms with Crippen molar-refractivity contribution in [1.29, 1.82) is 0 Å². The van der Waals surface area contributed by atoms with E-state index in [0.717, 1.165) is 18.5 Å². The van der Waals surface area contributed by atoms with Gasteiger partial charge in [0.05, 0.1) is 11.9 Å². The minimum absolute atomic E-state index is 0.455. The lowest BCUT2D eigenvalue weighted by molar-refractivity contribution is -0.141. The van der Waals surface area contributed by atoms with Crippen LogP contribution in [0.2, 0.25) is 0 Å². The Morgan fingerprint density at radius 1 is 1.25 bits per heavy atom. The lowest BCUT2D eigenvalue weighted by atomic mass is 9.65. The van der Waals surface area contributed by atoms with Gasteiger partial charge in [0.1, 0.15) is 0 Å². The Bertz CT molecular complexity index is 466. The molecule has 1 aromatic rings. The molecule has 2 aliphatic heterocycles. The molecular formula is C14H18F3N3. The van der Waals surface area contributed by atoms with Crippen LogP contribution in [0, 0.1) is 11.8 Å². The van der Waals surface area contributed by atoms with Gasteiger partial charge in [-0.2, -0.15) is 13.2 Å². The van der Waals surface area contributed by atoms with Crippen molar-refractivity contribution in [3.05, 3.63) is 23.8 Å². The molecule has 2 saturated heterocycles. The number of nitrogens with one attached hydrogen (secondary N) is 1. The van der Waals surface area contributed by atoms with Crippen molar-refractivity contribution >= 4 is 0 Å². The molecule has 1 aromatic heterocycles. The number of rotatable bonds is 3. The summed E-state index contributed by atoms with van der Waals surface area (Å²) in [5.74, 6) is 1.47. The zero-order valence-corrected chi connectivity index (χ0v) is 11.3. The summed E-state index contributed by atoms with van der Waals surface area (Å²) in [6.07, 6.45) is 1.80. The molecule has 0 radical (unpaired) electrons. The third-order valence-electron chi connectivity index (χ3n) is 4.71. The number of hydrogen-bond donors (Lipinski definition) is 1. The fourth-order valence-corrected chi connectivity index (χ4v) is 3.29. The Morgan fingerprint density at radius 2 is 2.00 bits per heavy atom. The summed E-state index contributed by atoms with van der Waals surface area (Å²) in [7, 11) is 0. The van der Waals surface area contributed by atoms with Crippen LogP contribution in [0.1, 0.15) is 37.6 Å². The Morgan fingerprint density at radius 3 is 2.55 bits per heavy atom. The second kappa shape index (κ2) is 4.98. The van der Waals surface area contributed by atoms with E-state index in [1.54, 1.807) is 0 Å². The van der Waals surface area contributed by atoms with Gasteiger partial charge in [0.15, 0.2) is 5.69 Å². The van der Waals surface area contributed by atoms with E-state index in [2.05, 4.69) is 22.2 Å². The summed E-state index contributed by atoms with van der Waals surface area (Å²) in [5, 5.41) is 3.61. The van der Waals surface area contributed by atoms with Gasteiger partial charge >= 0.3 is 6.18 Å². The minimum atomic E-state index is -4.41. The van der Waals surface area contributed by atoms with Crippen molar-refractivity contribution in [2.75, 3.05) is 0 Å². The highest BCUT2D eigenvalue weighted by Gasteiger charge is 2.42. The Balaban J connectivity index is 1.56. The molecule has 0 amide bonds. The number of piperidine rings is 2. The summed E-state index contributed by atoms with van der Waals surface area (Å²) in [4.78, 5) is 7.32. The minimum Gasteiger partial charge on any atom is -0.311 e. The van der Waals surface area contributed by atoms with E-state index in [4.69, 9.17) is 0 Å². The van der Waals surface area contributed by atoms with Crippen molar-refractivity contribution in [3.8, 4) is 0 Å². The predicted molar refractivity (Wildman–Crippen MR) is 68.0 cm³/mol. The quantitative estimate of drug-likeness (QED) is 0.928. The smallest absolute Gasteiger partial charge is 0.311 e. The molecule has 20 heavy (non-hydrogen) atoms. The topological polar surface area (TPSA) is 37.8 Å². The van der Waals surface area contributed by atoms with Gasteiger partial charge in [0, 0.05) is 18.3 Å². The second-order valence-electron chi connectivity index (χ2n) is 5.99. The molecule has 3 fully saturated rings. The molecule has 0 spiro atoms. The fourth-order valence-electron chi connectivity index (χ4n) is 3.29. The highest BCUT2D eigenvalue weighted by Crippen LogP contribution is 2.41. The molecule has 3 aliphatic rings. The summed E-state index contributed by atoms with van der Waals surface area (Å²) in [5.41, 5.74) is -0.294. The first-order valence-electron chi connectivity index (χ1n) is 7.07. The van der Waals surface area contributed by atoms with Gasteiger partial charge < -0.3 is 5.32 Å². The van der Waals surface area contributed by atoms with Crippen molar-refractivity contribution in [1.82, 2.24) is 15.3 Å². The summed E-state index contributed by atoms with van der Waals surface area (Å²) in [6, 6.07) is 1.11. The summed E-state index contributed by atoms with van der Waals surface area (Å²) >= 11 is 0. The first-order valence-corrected chi connectivity index (χ1v) is 7.07. The van der Waals surface area contributed by atoms with Crippen LogP contribution in [-0.4, -0.2) is 22.1 Å². The summed E-state index contributed by atoms with van der Waals surface area (Å²) < 4.78 is 37.1. The van der Waals surface area contributed by atoms with E-state index < -0.39 is 11.9 Å². The van der Waals surface area contributed by atoms with Crippen molar-refractivity contribution in [3.63, 3.8) is 0 Å². The molecule has 1 N–H and O–H groups in total. The lowest BCUT2D eigenvalue weighted by Gasteiger charge is -2.51. The van der Waals surface area contributed by atoms with E-state index in [1.807, 2.05) is 0 Å². The van der Waals surface area contributed by atoms with Crippen LogP contribution < -0.4 is 5.32 Å². The average Bonchev–Trinajstić information content (AvgIpc) is 2.35. The molecule has 4 rings (SSSR count). The van der Waals surface area contributed by atoms with Gasteiger partial charge in [-0.1, -0.05) is 6.92 Å². The Kier molecular flexibility index (Phi) is 3.44. The number of hydrogen-bond acceptors (Lipinski definition) is 3. The van der Waals surface area contributed by atoms with Crippen LogP contribution in [0.25, 0.3) is 0 Å². The normalized spacial score (nSPS) is 32.8. The summed E-state index contributed by atoms with van der Waals surface area (Å²) in [6.45, 7) is 2.26. The number of halogens is 3. The fraction of sp³-hybridized carbons (Fsp3) is 0.714. The van der Waals surface area contributed by atoms with Gasteiger partial charge in [0.25, 0.3) is 0 Å². The molecule has 2 atom stereocenters. The Hall–Kier alpha value is -1.17. The molecule has 6 heteroatoms. The third kappa shape index (κ3) is 2.66. The van der Waals surface area contributed by atoms with Crippen molar-refractivity contribution < 1.29 is 13.2 Å². The highest BCUT2D eigenvalue weighted by atomic mass is 19.4. The first kappa shape index (κ1) is 13.8.